The van der Waals surface area contributed by atoms with Gasteiger partial charge in [0, 0.05) is 45.1 Å². The maximum Gasteiger partial charge on any atom is 0.323 e. The Hall–Kier alpha value is -4.66. The van der Waals surface area contributed by atoms with Crippen molar-refractivity contribution >= 4 is 40.3 Å². The highest BCUT2D eigenvalue weighted by atomic mass is 32.2. The number of aliphatic carboxylic acids is 1. The van der Waals surface area contributed by atoms with E-state index in [1.165, 1.54) is 30.5 Å². The van der Waals surface area contributed by atoms with E-state index in [0.29, 0.717) is 31.7 Å². The summed E-state index contributed by atoms with van der Waals surface area (Å²) in [6, 6.07) is 23.4. The lowest BCUT2D eigenvalue weighted by atomic mass is 10.0. The van der Waals surface area contributed by atoms with E-state index < -0.39 is 5.97 Å². The molecule has 3 aromatic carbocycles. The lowest BCUT2D eigenvalue weighted by Crippen LogP contribution is -2.43. The zero-order valence-electron chi connectivity index (χ0n) is 29.4. The second kappa shape index (κ2) is 22.8. The Balaban J connectivity index is 0.000000939. The number of carbonyl (C=O) groups is 3. The number of amides is 2. The van der Waals surface area contributed by atoms with Crippen LogP contribution in [0.15, 0.2) is 79.3 Å². The molecule has 0 radical (unpaired) electrons. The smallest absolute Gasteiger partial charge is 0.323 e. The molecule has 0 saturated heterocycles. The van der Waals surface area contributed by atoms with Crippen LogP contribution in [0.1, 0.15) is 56.0 Å². The van der Waals surface area contributed by atoms with Crippen molar-refractivity contribution in [3.8, 4) is 6.07 Å². The van der Waals surface area contributed by atoms with Crippen LogP contribution < -0.4 is 5.32 Å². The molecule has 4 rings (SSSR count). The maximum atomic E-state index is 12.8. The Morgan fingerprint density at radius 3 is 2.29 bits per heavy atom. The highest BCUT2D eigenvalue weighted by Gasteiger charge is 2.18. The molecule has 1 heterocycles. The van der Waals surface area contributed by atoms with Crippen LogP contribution in [0.2, 0.25) is 0 Å². The molecule has 0 aliphatic carbocycles. The van der Waals surface area contributed by atoms with Gasteiger partial charge in [0.05, 0.1) is 30.9 Å². The molecular weight excluding hydrogens is 637 g/mol. The van der Waals surface area contributed by atoms with Crippen molar-refractivity contribution in [3.63, 3.8) is 0 Å². The fraction of sp³-hybridized carbons (Fsp3) is 0.395. The summed E-state index contributed by atoms with van der Waals surface area (Å²) < 4.78 is 1.89. The number of thioether (sulfide) groups is 1. The number of carboxylic acid groups (broad SMARTS) is 1. The lowest BCUT2D eigenvalue weighted by Gasteiger charge is -2.25. The zero-order valence-corrected chi connectivity index (χ0v) is 30.2. The summed E-state index contributed by atoms with van der Waals surface area (Å²) in [5.41, 5.74) is 3.37. The molecule has 2 N–H and O–H groups in total. The molecule has 1 aromatic heterocycles. The van der Waals surface area contributed by atoms with Crippen molar-refractivity contribution in [2.24, 2.45) is 0 Å². The average molecular weight is 687 g/mol. The number of rotatable bonds is 15. The standard InChI is InChI=1S/C31H32N6O4.C4H10.C3H8S/c1-35(21-31(40)41)30(39)20-36(19-26-7-4-6-25-5-2-3-8-28(25)26)14-13-34-29(38)15-27-17-33-22-37(27)18-24-11-9-23(16-32)10-12-24;2*1-3-4-2/h2-12,17,22H,13-15,18-21H2,1H3,(H,34,38)(H,40,41);3-4H2,1-2H3;3H2,1-2H3. The van der Waals surface area contributed by atoms with Gasteiger partial charge in [0.1, 0.15) is 6.54 Å². The SMILES string of the molecule is CCCC.CCSC.CN(CC(=O)O)C(=O)CN(CCNC(=O)Cc1cncn1Cc1ccc(C#N)cc1)Cc1cccc2ccccc12. The molecular formula is C38H50N6O4S. The quantitative estimate of drug-likeness (QED) is 0.160. The summed E-state index contributed by atoms with van der Waals surface area (Å²) in [5, 5.41) is 23.2. The second-order valence-electron chi connectivity index (χ2n) is 11.4. The summed E-state index contributed by atoms with van der Waals surface area (Å²) in [6.07, 6.45) is 8.21. The largest absolute Gasteiger partial charge is 0.480 e. The van der Waals surface area contributed by atoms with Crippen LogP contribution in [0.5, 0.6) is 0 Å². The first-order chi connectivity index (χ1) is 23.6. The van der Waals surface area contributed by atoms with Crippen molar-refractivity contribution in [1.29, 1.82) is 5.26 Å². The number of likely N-dealkylation sites (N-methyl/N-ethyl adjacent to an activating group) is 1. The van der Waals surface area contributed by atoms with Gasteiger partial charge in [-0.25, -0.2) is 4.98 Å². The van der Waals surface area contributed by atoms with Crippen molar-refractivity contribution in [2.45, 2.75) is 53.1 Å². The molecule has 0 saturated carbocycles. The number of imidazole rings is 1. The van der Waals surface area contributed by atoms with Gasteiger partial charge < -0.3 is 19.9 Å². The first-order valence-corrected chi connectivity index (χ1v) is 17.9. The number of fused-ring (bicyclic) bond motifs is 1. The van der Waals surface area contributed by atoms with Gasteiger partial charge in [0.2, 0.25) is 11.8 Å². The molecule has 0 fully saturated rings. The van der Waals surface area contributed by atoms with E-state index >= 15 is 0 Å². The molecule has 4 aromatic rings. The van der Waals surface area contributed by atoms with Gasteiger partial charge in [-0.05, 0) is 46.0 Å². The van der Waals surface area contributed by atoms with Gasteiger partial charge in [-0.3, -0.25) is 19.3 Å². The van der Waals surface area contributed by atoms with Crippen molar-refractivity contribution in [2.75, 3.05) is 45.2 Å². The molecule has 0 unspecified atom stereocenters. The maximum absolute atomic E-state index is 12.8. The van der Waals surface area contributed by atoms with E-state index in [1.807, 2.05) is 75.8 Å². The molecule has 10 nitrogen and oxygen atoms in total. The van der Waals surface area contributed by atoms with E-state index in [9.17, 15) is 14.4 Å². The van der Waals surface area contributed by atoms with E-state index in [-0.39, 0.29) is 31.3 Å². The Bertz CT molecular complexity index is 1620. The van der Waals surface area contributed by atoms with Gasteiger partial charge in [-0.1, -0.05) is 88.2 Å². The van der Waals surface area contributed by atoms with Crippen molar-refractivity contribution in [1.82, 2.24) is 24.7 Å². The van der Waals surface area contributed by atoms with Gasteiger partial charge in [0.25, 0.3) is 0 Å². The third-order valence-electron chi connectivity index (χ3n) is 7.55. The van der Waals surface area contributed by atoms with Crippen LogP contribution in [0.25, 0.3) is 10.8 Å². The Morgan fingerprint density at radius 1 is 0.980 bits per heavy atom. The van der Waals surface area contributed by atoms with Crippen molar-refractivity contribution < 1.29 is 19.5 Å². The molecule has 49 heavy (non-hydrogen) atoms. The third kappa shape index (κ3) is 15.0. The average Bonchev–Trinajstić information content (AvgIpc) is 3.54. The van der Waals surface area contributed by atoms with Gasteiger partial charge in [0.15, 0.2) is 0 Å². The lowest BCUT2D eigenvalue weighted by molar-refractivity contribution is -0.143. The summed E-state index contributed by atoms with van der Waals surface area (Å²) >= 11 is 1.86. The fourth-order valence-corrected chi connectivity index (χ4v) is 4.59. The highest BCUT2D eigenvalue weighted by molar-refractivity contribution is 7.98. The summed E-state index contributed by atoms with van der Waals surface area (Å²) in [6.45, 7) is 7.83. The number of hydrogen-bond acceptors (Lipinski definition) is 7. The van der Waals surface area contributed by atoms with E-state index in [1.54, 1.807) is 24.7 Å². The molecule has 0 aliphatic rings. The molecule has 0 atom stereocenters. The van der Waals surface area contributed by atoms with Gasteiger partial charge in [-0.15, -0.1) is 0 Å². The summed E-state index contributed by atoms with van der Waals surface area (Å²) in [7, 11) is 1.47. The van der Waals surface area contributed by atoms with Crippen LogP contribution in [0, 0.1) is 11.3 Å². The zero-order chi connectivity index (χ0) is 36.0. The normalized spacial score (nSPS) is 10.3. The number of nitriles is 1. The second-order valence-corrected chi connectivity index (χ2v) is 12.6. The number of benzene rings is 3. The molecule has 0 spiro atoms. The van der Waals surface area contributed by atoms with Crippen LogP contribution >= 0.6 is 11.8 Å². The highest BCUT2D eigenvalue weighted by Crippen LogP contribution is 2.20. The van der Waals surface area contributed by atoms with E-state index in [2.05, 4.69) is 43.4 Å². The Labute approximate surface area is 295 Å². The topological polar surface area (TPSA) is 132 Å². The number of carbonyl (C=O) groups excluding carboxylic acids is 2. The molecule has 262 valence electrons. The summed E-state index contributed by atoms with van der Waals surface area (Å²) in [4.78, 5) is 44.0. The molecule has 2 amide bonds. The number of aromatic nitrogens is 2. The Kier molecular flexibility index (Phi) is 18.9. The van der Waals surface area contributed by atoms with Crippen LogP contribution in [0.4, 0.5) is 0 Å². The first-order valence-electron chi connectivity index (χ1n) is 16.5. The minimum atomic E-state index is -1.08. The third-order valence-corrected chi connectivity index (χ3v) is 8.12. The van der Waals surface area contributed by atoms with Gasteiger partial charge >= 0.3 is 5.97 Å². The fourth-order valence-electron chi connectivity index (χ4n) is 4.59. The van der Waals surface area contributed by atoms with E-state index in [4.69, 9.17) is 10.4 Å². The van der Waals surface area contributed by atoms with E-state index in [0.717, 1.165) is 27.6 Å². The molecule has 0 aliphatic heterocycles. The number of nitrogens with zero attached hydrogens (tertiary/aromatic N) is 5. The van der Waals surface area contributed by atoms with Crippen LogP contribution in [-0.4, -0.2) is 87.5 Å². The van der Waals surface area contributed by atoms with Crippen LogP contribution in [-0.2, 0) is 33.9 Å². The molecule has 0 bridgehead atoms. The minimum Gasteiger partial charge on any atom is -0.480 e. The predicted molar refractivity (Wildman–Crippen MR) is 198 cm³/mol. The first kappa shape index (κ1) is 40.5. The van der Waals surface area contributed by atoms with Crippen LogP contribution in [0.3, 0.4) is 0 Å². The summed E-state index contributed by atoms with van der Waals surface area (Å²) in [5.74, 6) is -0.330. The Morgan fingerprint density at radius 2 is 1.65 bits per heavy atom. The van der Waals surface area contributed by atoms with Gasteiger partial charge in [-0.2, -0.15) is 17.0 Å². The number of unbranched alkanes of at least 4 members (excludes halogenated alkanes) is 1. The number of nitrogens with one attached hydrogen (secondary N) is 1. The number of hydrogen-bond donors (Lipinski definition) is 2. The number of carboxylic acids is 1. The molecule has 11 heteroatoms. The minimum absolute atomic E-state index is 0.0141. The monoisotopic (exact) mass is 686 g/mol. The van der Waals surface area contributed by atoms with Crippen molar-refractivity contribution in [3.05, 3.63) is 102 Å². The predicted octanol–water partition coefficient (Wildman–Crippen LogP) is 5.84.